The van der Waals surface area contributed by atoms with Gasteiger partial charge in [0.25, 0.3) is 0 Å². The molecule has 2 N–H and O–H groups in total. The highest BCUT2D eigenvalue weighted by atomic mass is 19.4. The summed E-state index contributed by atoms with van der Waals surface area (Å²) in [6.45, 7) is 1.22. The van der Waals surface area contributed by atoms with Gasteiger partial charge >= 0.3 is 6.18 Å². The molecule has 0 aliphatic carbocycles. The van der Waals surface area contributed by atoms with Crippen molar-refractivity contribution in [1.82, 2.24) is 9.55 Å². The summed E-state index contributed by atoms with van der Waals surface area (Å²) >= 11 is 0. The Hall–Kier alpha value is -1.86. The molecule has 1 unspecified atom stereocenters. The molecule has 2 rings (SSSR count). The van der Waals surface area contributed by atoms with E-state index in [1.54, 1.807) is 0 Å². The molecule has 1 aromatic heterocycles. The number of anilines is 1. The second kappa shape index (κ2) is 4.36. The highest BCUT2D eigenvalue weighted by Crippen LogP contribution is 2.33. The SMILES string of the molecule is CC(CC(F)(F)F)n1c(N)nc2ccc(F)c(F)c21. The Balaban J connectivity index is 2.59. The number of nitrogens with zero attached hydrogens (tertiary/aromatic N) is 2. The van der Waals surface area contributed by atoms with Crippen LogP contribution in [0.15, 0.2) is 12.1 Å². The number of hydrogen-bond acceptors (Lipinski definition) is 2. The van der Waals surface area contributed by atoms with Crippen LogP contribution in [-0.4, -0.2) is 15.7 Å². The molecular formula is C11H10F5N3. The maximum absolute atomic E-state index is 13.7. The normalized spacial score (nSPS) is 14.0. The Kier molecular flexibility index (Phi) is 3.11. The van der Waals surface area contributed by atoms with E-state index in [9.17, 15) is 22.0 Å². The third-order valence-electron chi connectivity index (χ3n) is 2.74. The van der Waals surface area contributed by atoms with Gasteiger partial charge in [-0.15, -0.1) is 0 Å². The number of imidazole rings is 1. The predicted octanol–water partition coefficient (Wildman–Crippen LogP) is 3.41. The quantitative estimate of drug-likeness (QED) is 0.856. The molecule has 0 fully saturated rings. The van der Waals surface area contributed by atoms with Gasteiger partial charge in [-0.3, -0.25) is 0 Å². The summed E-state index contributed by atoms with van der Waals surface area (Å²) < 4.78 is 64.8. The molecule has 0 aliphatic rings. The fourth-order valence-electron chi connectivity index (χ4n) is 2.01. The molecule has 1 heterocycles. The van der Waals surface area contributed by atoms with Gasteiger partial charge in [-0.25, -0.2) is 13.8 Å². The summed E-state index contributed by atoms with van der Waals surface area (Å²) in [7, 11) is 0. The van der Waals surface area contributed by atoms with Crippen molar-refractivity contribution in [3.63, 3.8) is 0 Å². The van der Waals surface area contributed by atoms with E-state index >= 15 is 0 Å². The Morgan fingerprint density at radius 2 is 1.95 bits per heavy atom. The minimum atomic E-state index is -4.44. The minimum absolute atomic E-state index is 0.0189. The smallest absolute Gasteiger partial charge is 0.369 e. The number of alkyl halides is 3. The average Bonchev–Trinajstić information content (AvgIpc) is 2.58. The third kappa shape index (κ3) is 2.47. The minimum Gasteiger partial charge on any atom is -0.369 e. The van der Waals surface area contributed by atoms with Gasteiger partial charge in [0.15, 0.2) is 11.6 Å². The zero-order valence-electron chi connectivity index (χ0n) is 9.80. The second-order valence-corrected chi connectivity index (χ2v) is 4.24. The van der Waals surface area contributed by atoms with Crippen molar-refractivity contribution in [3.8, 4) is 0 Å². The Morgan fingerprint density at radius 3 is 2.53 bits per heavy atom. The van der Waals surface area contributed by atoms with E-state index in [0.717, 1.165) is 10.6 Å². The lowest BCUT2D eigenvalue weighted by Crippen LogP contribution is -2.18. The Morgan fingerprint density at radius 1 is 1.32 bits per heavy atom. The largest absolute Gasteiger partial charge is 0.391 e. The van der Waals surface area contributed by atoms with Crippen molar-refractivity contribution in [3.05, 3.63) is 23.8 Å². The van der Waals surface area contributed by atoms with Gasteiger partial charge in [-0.1, -0.05) is 0 Å². The van der Waals surface area contributed by atoms with E-state index in [2.05, 4.69) is 4.98 Å². The lowest BCUT2D eigenvalue weighted by atomic mass is 10.2. The summed E-state index contributed by atoms with van der Waals surface area (Å²) in [6, 6.07) is 0.838. The molecular weight excluding hydrogens is 269 g/mol. The van der Waals surface area contributed by atoms with E-state index in [1.165, 1.54) is 13.0 Å². The van der Waals surface area contributed by atoms with Crippen LogP contribution in [0, 0.1) is 11.6 Å². The van der Waals surface area contributed by atoms with Crippen molar-refractivity contribution in [2.45, 2.75) is 25.6 Å². The first-order valence-corrected chi connectivity index (χ1v) is 5.39. The third-order valence-corrected chi connectivity index (χ3v) is 2.74. The standard InChI is InChI=1S/C11H10F5N3/c1-5(4-11(14,15)16)19-9-7(18-10(19)17)3-2-6(12)8(9)13/h2-3,5H,4H2,1H3,(H2,17,18). The molecule has 1 aromatic carbocycles. The predicted molar refractivity (Wildman–Crippen MR) is 59.4 cm³/mol. The first-order valence-electron chi connectivity index (χ1n) is 5.39. The molecule has 1 atom stereocenters. The van der Waals surface area contributed by atoms with Crippen molar-refractivity contribution >= 4 is 17.0 Å². The van der Waals surface area contributed by atoms with Crippen LogP contribution in [0.25, 0.3) is 11.0 Å². The highest BCUT2D eigenvalue weighted by Gasteiger charge is 2.32. The number of nitrogens with two attached hydrogens (primary N) is 1. The number of nitrogen functional groups attached to an aromatic ring is 1. The molecule has 8 heteroatoms. The number of hydrogen-bond donors (Lipinski definition) is 1. The molecule has 0 amide bonds. The van der Waals surface area contributed by atoms with E-state index in [0.29, 0.717) is 0 Å². The Bertz CT molecular complexity index is 617. The molecule has 0 saturated heterocycles. The summed E-state index contributed by atoms with van der Waals surface area (Å²) in [5.74, 6) is -2.69. The molecule has 19 heavy (non-hydrogen) atoms. The average molecular weight is 279 g/mol. The van der Waals surface area contributed by atoms with E-state index in [-0.39, 0.29) is 17.0 Å². The molecule has 104 valence electrons. The van der Waals surface area contributed by atoms with Crippen molar-refractivity contribution in [2.24, 2.45) is 0 Å². The number of benzene rings is 1. The maximum Gasteiger partial charge on any atom is 0.391 e. The van der Waals surface area contributed by atoms with Gasteiger partial charge in [0, 0.05) is 6.04 Å². The lowest BCUT2D eigenvalue weighted by molar-refractivity contribution is -0.141. The van der Waals surface area contributed by atoms with Crippen LogP contribution >= 0.6 is 0 Å². The van der Waals surface area contributed by atoms with Crippen LogP contribution in [0.2, 0.25) is 0 Å². The van der Waals surface area contributed by atoms with Gasteiger partial charge in [-0.05, 0) is 19.1 Å². The van der Waals surface area contributed by atoms with Crippen LogP contribution in [0.3, 0.4) is 0 Å². The number of rotatable bonds is 2. The van der Waals surface area contributed by atoms with Gasteiger partial charge < -0.3 is 10.3 Å². The van der Waals surface area contributed by atoms with Gasteiger partial charge in [0.2, 0.25) is 5.95 Å². The maximum atomic E-state index is 13.7. The number of halogens is 5. The lowest BCUT2D eigenvalue weighted by Gasteiger charge is -2.17. The van der Waals surface area contributed by atoms with Crippen LogP contribution in [0.4, 0.5) is 27.9 Å². The zero-order chi connectivity index (χ0) is 14.4. The fraction of sp³-hybridized carbons (Fsp3) is 0.364. The molecule has 0 spiro atoms. The summed E-state index contributed by atoms with van der Waals surface area (Å²) in [6.07, 6.45) is -5.65. The molecule has 3 nitrogen and oxygen atoms in total. The van der Waals surface area contributed by atoms with E-state index < -0.39 is 30.3 Å². The first-order chi connectivity index (χ1) is 8.70. The summed E-state index contributed by atoms with van der Waals surface area (Å²) in [5.41, 5.74) is 5.15. The highest BCUT2D eigenvalue weighted by molar-refractivity contribution is 5.79. The van der Waals surface area contributed by atoms with Crippen LogP contribution in [0.1, 0.15) is 19.4 Å². The summed E-state index contributed by atoms with van der Waals surface area (Å²) in [5, 5.41) is 0. The van der Waals surface area contributed by atoms with Gasteiger partial charge in [0.05, 0.1) is 11.9 Å². The van der Waals surface area contributed by atoms with E-state index in [4.69, 9.17) is 5.73 Å². The van der Waals surface area contributed by atoms with Crippen LogP contribution in [-0.2, 0) is 0 Å². The van der Waals surface area contributed by atoms with Crippen molar-refractivity contribution in [1.29, 1.82) is 0 Å². The fourth-order valence-corrected chi connectivity index (χ4v) is 2.01. The molecule has 0 saturated carbocycles. The number of aromatic nitrogens is 2. The number of fused-ring (bicyclic) bond motifs is 1. The zero-order valence-corrected chi connectivity index (χ0v) is 9.80. The topological polar surface area (TPSA) is 43.8 Å². The van der Waals surface area contributed by atoms with Crippen LogP contribution in [0.5, 0.6) is 0 Å². The molecule has 0 radical (unpaired) electrons. The summed E-state index contributed by atoms with van der Waals surface area (Å²) in [4.78, 5) is 3.73. The molecule has 2 aromatic rings. The second-order valence-electron chi connectivity index (χ2n) is 4.24. The van der Waals surface area contributed by atoms with Crippen LogP contribution < -0.4 is 5.73 Å². The monoisotopic (exact) mass is 279 g/mol. The van der Waals surface area contributed by atoms with E-state index in [1.807, 2.05) is 0 Å². The molecule has 0 bridgehead atoms. The van der Waals surface area contributed by atoms with Crippen molar-refractivity contribution in [2.75, 3.05) is 5.73 Å². The van der Waals surface area contributed by atoms with Gasteiger partial charge in [0.1, 0.15) is 5.52 Å². The Labute approximate surface area is 104 Å². The van der Waals surface area contributed by atoms with Crippen molar-refractivity contribution < 1.29 is 22.0 Å². The van der Waals surface area contributed by atoms with Gasteiger partial charge in [-0.2, -0.15) is 13.2 Å². The molecule has 0 aliphatic heterocycles. The first kappa shape index (κ1) is 13.6.